The van der Waals surface area contributed by atoms with Crippen LogP contribution in [0.3, 0.4) is 0 Å². The van der Waals surface area contributed by atoms with Crippen LogP contribution < -0.4 is 16.0 Å². The molecule has 6 atom stereocenters. The highest BCUT2D eigenvalue weighted by Gasteiger charge is 2.69. The summed E-state index contributed by atoms with van der Waals surface area (Å²) < 4.78 is 0. The third-order valence-corrected chi connectivity index (χ3v) is 9.40. The first-order valence-electron chi connectivity index (χ1n) is 15.4. The largest absolute Gasteiger partial charge is 0.347 e. The molecule has 1 aliphatic heterocycles. The Kier molecular flexibility index (Phi) is 10.6. The van der Waals surface area contributed by atoms with Crippen molar-refractivity contribution in [3.05, 3.63) is 35.9 Å². The molecule has 1 aromatic rings. The maximum Gasteiger partial charge on any atom is 0.290 e. The smallest absolute Gasteiger partial charge is 0.290 e. The SMILES string of the molecule is CCCC(NC(=O)[C@@H]1[C@@H]2[C@H](CN1C(=O)[C@@H](C)C(C)(C)C)C2(C)C)C(=O)C(=O)NCC(=O)N[C@H](C(=O)N(C)C)c1ccccc1. The summed E-state index contributed by atoms with van der Waals surface area (Å²) in [6.45, 7) is 13.8. The fourth-order valence-electron chi connectivity index (χ4n) is 6.06. The topological polar surface area (TPSA) is 145 Å². The van der Waals surface area contributed by atoms with Gasteiger partial charge in [-0.2, -0.15) is 0 Å². The number of hydrogen-bond acceptors (Lipinski definition) is 6. The Bertz CT molecular complexity index is 1270. The summed E-state index contributed by atoms with van der Waals surface area (Å²) in [5.74, 6) is -3.57. The molecule has 1 unspecified atom stereocenters. The molecule has 1 saturated carbocycles. The van der Waals surface area contributed by atoms with Gasteiger partial charge in [0.05, 0.1) is 12.6 Å². The third kappa shape index (κ3) is 7.47. The van der Waals surface area contributed by atoms with Crippen LogP contribution in [0, 0.1) is 28.6 Å². The van der Waals surface area contributed by atoms with E-state index in [0.717, 1.165) is 0 Å². The second kappa shape index (κ2) is 13.5. The zero-order valence-corrected chi connectivity index (χ0v) is 27.5. The molecule has 0 radical (unpaired) electrons. The summed E-state index contributed by atoms with van der Waals surface area (Å²) in [5.41, 5.74) is 0.182. The average molecular weight is 612 g/mol. The molecule has 1 heterocycles. The van der Waals surface area contributed by atoms with E-state index in [1.54, 1.807) is 49.3 Å². The van der Waals surface area contributed by atoms with Crippen molar-refractivity contribution >= 4 is 35.3 Å². The Morgan fingerprint density at radius 1 is 1.02 bits per heavy atom. The number of Topliss-reactive ketones (excluding diaryl/α,β-unsaturated/α-hetero) is 1. The Morgan fingerprint density at radius 2 is 1.64 bits per heavy atom. The number of nitrogens with one attached hydrogen (secondary N) is 3. The number of ketones is 1. The Labute approximate surface area is 260 Å². The number of likely N-dealkylation sites (tertiary alicyclic amines) is 1. The highest BCUT2D eigenvalue weighted by Crippen LogP contribution is 2.65. The maximum atomic E-state index is 13.7. The van der Waals surface area contributed by atoms with Crippen LogP contribution in [0.4, 0.5) is 0 Å². The van der Waals surface area contributed by atoms with E-state index < -0.39 is 48.2 Å². The Balaban J connectivity index is 1.67. The van der Waals surface area contributed by atoms with Gasteiger partial charge in [-0.3, -0.25) is 28.8 Å². The predicted octanol–water partition coefficient (Wildman–Crippen LogP) is 2.07. The van der Waals surface area contributed by atoms with Gasteiger partial charge in [-0.25, -0.2) is 0 Å². The monoisotopic (exact) mass is 611 g/mol. The van der Waals surface area contributed by atoms with Gasteiger partial charge in [0, 0.05) is 26.6 Å². The van der Waals surface area contributed by atoms with Crippen LogP contribution in [0.5, 0.6) is 0 Å². The molecule has 0 bridgehead atoms. The first-order valence-corrected chi connectivity index (χ1v) is 15.4. The molecule has 242 valence electrons. The first kappa shape index (κ1) is 34.7. The Hall–Kier alpha value is -3.76. The second-order valence-electron chi connectivity index (χ2n) is 14.0. The molecule has 5 amide bonds. The van der Waals surface area contributed by atoms with Crippen molar-refractivity contribution in [1.29, 1.82) is 0 Å². The normalized spacial score (nSPS) is 22.1. The second-order valence-corrected chi connectivity index (χ2v) is 14.0. The number of carbonyl (C=O) groups is 6. The number of nitrogens with zero attached hydrogens (tertiary/aromatic N) is 2. The number of likely N-dealkylation sites (N-methyl/N-ethyl adjacent to an activating group) is 1. The van der Waals surface area contributed by atoms with Crippen LogP contribution in [0.2, 0.25) is 0 Å². The van der Waals surface area contributed by atoms with E-state index in [1.165, 1.54) is 4.90 Å². The van der Waals surface area contributed by atoms with Crippen molar-refractivity contribution in [2.45, 2.75) is 79.4 Å². The van der Waals surface area contributed by atoms with Crippen molar-refractivity contribution in [1.82, 2.24) is 25.8 Å². The van der Waals surface area contributed by atoms with Crippen LogP contribution in [-0.4, -0.2) is 84.4 Å². The number of rotatable bonds is 12. The molecule has 0 spiro atoms. The van der Waals surface area contributed by atoms with Gasteiger partial charge >= 0.3 is 0 Å². The molecule has 0 aromatic heterocycles. The van der Waals surface area contributed by atoms with Gasteiger partial charge in [-0.15, -0.1) is 0 Å². The van der Waals surface area contributed by atoms with Crippen LogP contribution in [0.25, 0.3) is 0 Å². The molecule has 11 nitrogen and oxygen atoms in total. The number of benzene rings is 1. The van der Waals surface area contributed by atoms with Gasteiger partial charge in [0.25, 0.3) is 5.91 Å². The molecule has 11 heteroatoms. The van der Waals surface area contributed by atoms with Crippen LogP contribution >= 0.6 is 0 Å². The minimum absolute atomic E-state index is 0.0315. The highest BCUT2D eigenvalue weighted by atomic mass is 16.2. The molecule has 1 aromatic carbocycles. The summed E-state index contributed by atoms with van der Waals surface area (Å²) in [7, 11) is 3.15. The Morgan fingerprint density at radius 3 is 2.18 bits per heavy atom. The number of carbonyl (C=O) groups excluding carboxylic acids is 6. The van der Waals surface area contributed by atoms with Gasteiger partial charge in [0.2, 0.25) is 29.4 Å². The van der Waals surface area contributed by atoms with Gasteiger partial charge in [-0.05, 0) is 34.7 Å². The lowest BCUT2D eigenvalue weighted by Crippen LogP contribution is -2.56. The van der Waals surface area contributed by atoms with Crippen molar-refractivity contribution < 1.29 is 28.8 Å². The number of hydrogen-bond donors (Lipinski definition) is 3. The lowest BCUT2D eigenvalue weighted by atomic mass is 9.81. The number of piperidine rings is 1. The standard InChI is InChI=1S/C33H49N5O6/c1-10-14-22(35-28(41)26-24-21(33(24,6)7)18-38(26)30(43)19(2)32(3,4)5)27(40)29(42)34-17-23(39)36-25(31(44)37(8)9)20-15-12-11-13-16-20/h11-13,15-16,19,21-22,24-26H,10,14,17-18H2,1-9H3,(H,34,42)(H,35,41)(H,36,39)/t19-,21+,22?,24+,25+,26+/m1/s1. The summed E-state index contributed by atoms with van der Waals surface area (Å²) in [5, 5.41) is 7.73. The van der Waals surface area contributed by atoms with Gasteiger partial charge in [0.1, 0.15) is 12.1 Å². The zero-order chi connectivity index (χ0) is 33.1. The third-order valence-electron chi connectivity index (χ3n) is 9.40. The summed E-state index contributed by atoms with van der Waals surface area (Å²) in [6, 6.07) is 5.90. The average Bonchev–Trinajstić information content (AvgIpc) is 3.28. The van der Waals surface area contributed by atoms with E-state index in [1.807, 2.05) is 34.6 Å². The van der Waals surface area contributed by atoms with Gasteiger partial charge in [-0.1, -0.05) is 85.2 Å². The summed E-state index contributed by atoms with van der Waals surface area (Å²) >= 11 is 0. The van der Waals surface area contributed by atoms with E-state index in [-0.39, 0.29) is 46.8 Å². The lowest BCUT2D eigenvalue weighted by Gasteiger charge is -2.36. The van der Waals surface area contributed by atoms with Crippen molar-refractivity contribution in [2.75, 3.05) is 27.2 Å². The zero-order valence-electron chi connectivity index (χ0n) is 27.5. The van der Waals surface area contributed by atoms with Crippen molar-refractivity contribution in [3.63, 3.8) is 0 Å². The molecule has 3 rings (SSSR count). The molecule has 44 heavy (non-hydrogen) atoms. The van der Waals surface area contributed by atoms with E-state index in [9.17, 15) is 28.8 Å². The predicted molar refractivity (Wildman–Crippen MR) is 166 cm³/mol. The molecule has 2 fully saturated rings. The van der Waals surface area contributed by atoms with E-state index >= 15 is 0 Å². The van der Waals surface area contributed by atoms with E-state index in [4.69, 9.17) is 0 Å². The molecular weight excluding hydrogens is 562 g/mol. The van der Waals surface area contributed by atoms with Crippen molar-refractivity contribution in [3.8, 4) is 0 Å². The van der Waals surface area contributed by atoms with Crippen molar-refractivity contribution in [2.24, 2.45) is 28.6 Å². The summed E-state index contributed by atoms with van der Waals surface area (Å²) in [4.78, 5) is 81.8. The molecule has 1 saturated heterocycles. The van der Waals surface area contributed by atoms with Crippen LogP contribution in [0.1, 0.15) is 72.9 Å². The molecule has 3 N–H and O–H groups in total. The highest BCUT2D eigenvalue weighted by molar-refractivity contribution is 6.38. The number of amides is 5. The quantitative estimate of drug-likeness (QED) is 0.309. The fourth-order valence-corrected chi connectivity index (χ4v) is 6.06. The van der Waals surface area contributed by atoms with Crippen LogP contribution in [0.15, 0.2) is 30.3 Å². The minimum atomic E-state index is -1.11. The van der Waals surface area contributed by atoms with E-state index in [0.29, 0.717) is 18.5 Å². The first-order chi connectivity index (χ1) is 20.4. The maximum absolute atomic E-state index is 13.7. The number of fused-ring (bicyclic) bond motifs is 1. The van der Waals surface area contributed by atoms with Gasteiger partial charge in [0.15, 0.2) is 0 Å². The van der Waals surface area contributed by atoms with Gasteiger partial charge < -0.3 is 25.8 Å². The fraction of sp³-hybridized carbons (Fsp3) is 0.636. The van der Waals surface area contributed by atoms with Crippen LogP contribution in [-0.2, 0) is 28.8 Å². The molecular formula is C33H49N5O6. The summed E-state index contributed by atoms with van der Waals surface area (Å²) in [6.07, 6.45) is 0.732. The molecule has 1 aliphatic carbocycles. The molecule has 2 aliphatic rings. The lowest BCUT2D eigenvalue weighted by molar-refractivity contribution is -0.146. The van der Waals surface area contributed by atoms with E-state index in [2.05, 4.69) is 29.8 Å². The minimum Gasteiger partial charge on any atom is -0.347 e.